The molecule has 0 saturated heterocycles. The molecule has 1 aromatic rings. The molecule has 22 heavy (non-hydrogen) atoms. The molecule has 0 bridgehead atoms. The second-order valence-corrected chi connectivity index (χ2v) is 6.50. The summed E-state index contributed by atoms with van der Waals surface area (Å²) < 4.78 is 5.64. The van der Waals surface area contributed by atoms with Crippen molar-refractivity contribution in [1.82, 2.24) is 5.32 Å². The van der Waals surface area contributed by atoms with E-state index in [2.05, 4.69) is 31.3 Å². The van der Waals surface area contributed by atoms with Crippen molar-refractivity contribution in [3.8, 4) is 5.75 Å². The van der Waals surface area contributed by atoms with Gasteiger partial charge in [-0.05, 0) is 49.3 Å². The Kier molecular flexibility index (Phi) is 6.25. The Morgan fingerprint density at radius 1 is 1.23 bits per heavy atom. The molecule has 1 fully saturated rings. The molecule has 0 atom stereocenters. The summed E-state index contributed by atoms with van der Waals surface area (Å²) in [6.07, 6.45) is 4.39. The molecule has 1 aliphatic carbocycles. The largest absolute Gasteiger partial charge is 0.493 e. The summed E-state index contributed by atoms with van der Waals surface area (Å²) in [5.41, 5.74) is 7.16. The van der Waals surface area contributed by atoms with Crippen molar-refractivity contribution in [2.45, 2.75) is 64.0 Å². The molecule has 0 heterocycles. The lowest BCUT2D eigenvalue weighted by molar-refractivity contribution is -0.122. The zero-order valence-electron chi connectivity index (χ0n) is 13.7. The van der Waals surface area contributed by atoms with Crippen LogP contribution >= 0.6 is 0 Å². The number of hydrogen-bond acceptors (Lipinski definition) is 3. The summed E-state index contributed by atoms with van der Waals surface area (Å²) in [4.78, 5) is 11.9. The van der Waals surface area contributed by atoms with Crippen molar-refractivity contribution in [1.29, 1.82) is 0 Å². The van der Waals surface area contributed by atoms with Gasteiger partial charge in [-0.25, -0.2) is 0 Å². The molecule has 1 aliphatic rings. The van der Waals surface area contributed by atoms with Crippen LogP contribution in [0.5, 0.6) is 5.75 Å². The van der Waals surface area contributed by atoms with Crippen LogP contribution in [0.3, 0.4) is 0 Å². The van der Waals surface area contributed by atoms with E-state index in [4.69, 9.17) is 10.5 Å². The molecule has 0 unspecified atom stereocenters. The molecule has 0 spiro atoms. The van der Waals surface area contributed by atoms with Crippen LogP contribution in [0.4, 0.5) is 0 Å². The molecule has 0 radical (unpaired) electrons. The molecule has 1 saturated carbocycles. The molecule has 0 aliphatic heterocycles. The third kappa shape index (κ3) is 5.34. The van der Waals surface area contributed by atoms with E-state index in [-0.39, 0.29) is 11.9 Å². The fraction of sp³-hybridized carbons (Fsp3) is 0.611. The van der Waals surface area contributed by atoms with E-state index < -0.39 is 0 Å². The topological polar surface area (TPSA) is 64.3 Å². The maximum Gasteiger partial charge on any atom is 0.223 e. The third-order valence-corrected chi connectivity index (χ3v) is 4.28. The van der Waals surface area contributed by atoms with Gasteiger partial charge in [0.2, 0.25) is 5.91 Å². The molecule has 4 nitrogen and oxygen atoms in total. The van der Waals surface area contributed by atoms with Crippen LogP contribution in [0.1, 0.15) is 57.4 Å². The summed E-state index contributed by atoms with van der Waals surface area (Å²) in [7, 11) is 0. The fourth-order valence-corrected chi connectivity index (χ4v) is 2.77. The van der Waals surface area contributed by atoms with Gasteiger partial charge in [0.25, 0.3) is 0 Å². The van der Waals surface area contributed by atoms with Gasteiger partial charge in [-0.15, -0.1) is 0 Å². The van der Waals surface area contributed by atoms with E-state index in [0.717, 1.165) is 31.4 Å². The molecule has 1 aromatic carbocycles. The quantitative estimate of drug-likeness (QED) is 0.849. The van der Waals surface area contributed by atoms with Crippen molar-refractivity contribution in [3.63, 3.8) is 0 Å². The summed E-state index contributed by atoms with van der Waals surface area (Å²) in [5, 5.41) is 3.08. The molecule has 2 rings (SSSR count). The second kappa shape index (κ2) is 8.18. The predicted octanol–water partition coefficient (Wildman–Crippen LogP) is 2.97. The average Bonchev–Trinajstić information content (AvgIpc) is 2.50. The number of amides is 1. The van der Waals surface area contributed by atoms with E-state index in [1.165, 1.54) is 5.56 Å². The highest BCUT2D eigenvalue weighted by Gasteiger charge is 2.19. The molecule has 0 aromatic heterocycles. The molecular weight excluding hydrogens is 276 g/mol. The standard InChI is InChI=1S/C18H28N2O2/c1-13(2)14-3-9-17(10-4-14)22-12-11-18(21)20-16-7-5-15(19)6-8-16/h3-4,9-10,13,15-16H,5-8,11-12,19H2,1-2H3,(H,20,21). The van der Waals surface area contributed by atoms with Crippen LogP contribution in [0.25, 0.3) is 0 Å². The smallest absolute Gasteiger partial charge is 0.223 e. The lowest BCUT2D eigenvalue weighted by Crippen LogP contribution is -2.40. The lowest BCUT2D eigenvalue weighted by Gasteiger charge is -2.26. The minimum Gasteiger partial charge on any atom is -0.493 e. The van der Waals surface area contributed by atoms with E-state index in [1.54, 1.807) is 0 Å². The van der Waals surface area contributed by atoms with Gasteiger partial charge in [0.1, 0.15) is 5.75 Å². The maximum absolute atomic E-state index is 11.9. The van der Waals surface area contributed by atoms with Crippen molar-refractivity contribution in [2.24, 2.45) is 5.73 Å². The summed E-state index contributed by atoms with van der Waals surface area (Å²) in [6.45, 7) is 4.75. The van der Waals surface area contributed by atoms with E-state index >= 15 is 0 Å². The van der Waals surface area contributed by atoms with E-state index in [0.29, 0.717) is 25.0 Å². The zero-order valence-corrected chi connectivity index (χ0v) is 13.7. The Labute approximate surface area is 133 Å². The lowest BCUT2D eigenvalue weighted by atomic mass is 9.92. The number of hydrogen-bond donors (Lipinski definition) is 2. The van der Waals surface area contributed by atoms with Gasteiger partial charge in [0.15, 0.2) is 0 Å². The Bertz CT molecular complexity index is 462. The average molecular weight is 304 g/mol. The van der Waals surface area contributed by atoms with Gasteiger partial charge in [-0.3, -0.25) is 4.79 Å². The van der Waals surface area contributed by atoms with Crippen LogP contribution in [0.15, 0.2) is 24.3 Å². The van der Waals surface area contributed by atoms with Gasteiger partial charge in [-0.1, -0.05) is 26.0 Å². The van der Waals surface area contributed by atoms with Crippen molar-refractivity contribution >= 4 is 5.91 Å². The maximum atomic E-state index is 11.9. The highest BCUT2D eigenvalue weighted by Crippen LogP contribution is 2.19. The van der Waals surface area contributed by atoms with Crippen LogP contribution < -0.4 is 15.8 Å². The Hall–Kier alpha value is -1.55. The molecule has 3 N–H and O–H groups in total. The van der Waals surface area contributed by atoms with Gasteiger partial charge in [0.05, 0.1) is 13.0 Å². The Morgan fingerprint density at radius 2 is 1.86 bits per heavy atom. The number of carbonyl (C=O) groups excluding carboxylic acids is 1. The monoisotopic (exact) mass is 304 g/mol. The molecule has 122 valence electrons. The number of carbonyl (C=O) groups is 1. The van der Waals surface area contributed by atoms with Crippen LogP contribution in [-0.2, 0) is 4.79 Å². The predicted molar refractivity (Wildman–Crippen MR) is 89.0 cm³/mol. The summed E-state index contributed by atoms with van der Waals surface area (Å²) in [5.74, 6) is 1.41. The SMILES string of the molecule is CC(C)c1ccc(OCCC(=O)NC2CCC(N)CC2)cc1. The van der Waals surface area contributed by atoms with E-state index in [9.17, 15) is 4.79 Å². The van der Waals surface area contributed by atoms with Gasteiger partial charge >= 0.3 is 0 Å². The Morgan fingerprint density at radius 3 is 2.45 bits per heavy atom. The van der Waals surface area contributed by atoms with Crippen molar-refractivity contribution < 1.29 is 9.53 Å². The minimum absolute atomic E-state index is 0.0688. The van der Waals surface area contributed by atoms with Gasteiger partial charge < -0.3 is 15.8 Å². The first-order chi connectivity index (χ1) is 10.5. The van der Waals surface area contributed by atoms with Crippen molar-refractivity contribution in [2.75, 3.05) is 6.61 Å². The van der Waals surface area contributed by atoms with Crippen molar-refractivity contribution in [3.05, 3.63) is 29.8 Å². The van der Waals surface area contributed by atoms with Crippen LogP contribution in [-0.4, -0.2) is 24.6 Å². The number of ether oxygens (including phenoxy) is 1. The Balaban J connectivity index is 1.66. The first-order valence-corrected chi connectivity index (χ1v) is 8.32. The highest BCUT2D eigenvalue weighted by molar-refractivity contribution is 5.76. The summed E-state index contributed by atoms with van der Waals surface area (Å²) >= 11 is 0. The number of rotatable bonds is 6. The summed E-state index contributed by atoms with van der Waals surface area (Å²) in [6, 6.07) is 8.69. The van der Waals surface area contributed by atoms with E-state index in [1.807, 2.05) is 12.1 Å². The number of nitrogens with one attached hydrogen (secondary N) is 1. The van der Waals surface area contributed by atoms with Gasteiger partial charge in [-0.2, -0.15) is 0 Å². The first-order valence-electron chi connectivity index (χ1n) is 8.32. The first kappa shape index (κ1) is 16.8. The van der Waals surface area contributed by atoms with Gasteiger partial charge in [0, 0.05) is 12.1 Å². The highest BCUT2D eigenvalue weighted by atomic mass is 16.5. The second-order valence-electron chi connectivity index (χ2n) is 6.50. The molecule has 4 heteroatoms. The third-order valence-electron chi connectivity index (χ3n) is 4.28. The number of nitrogens with two attached hydrogens (primary N) is 1. The van der Waals surface area contributed by atoms with Crippen LogP contribution in [0.2, 0.25) is 0 Å². The minimum atomic E-state index is 0.0688. The number of benzene rings is 1. The normalized spacial score (nSPS) is 21.6. The molecular formula is C18H28N2O2. The zero-order chi connectivity index (χ0) is 15.9. The van der Waals surface area contributed by atoms with Crippen LogP contribution in [0, 0.1) is 0 Å². The molecule has 1 amide bonds. The fourth-order valence-electron chi connectivity index (χ4n) is 2.77.